The van der Waals surface area contributed by atoms with E-state index in [1.54, 1.807) is 17.5 Å². The number of hydrogen-bond acceptors (Lipinski definition) is 12. The molecule has 0 saturated heterocycles. The highest BCUT2D eigenvalue weighted by molar-refractivity contribution is 7.22. The Hall–Kier alpha value is -13.0. The molecule has 0 fully saturated rings. The van der Waals surface area contributed by atoms with E-state index in [1.165, 1.54) is 48.9 Å². The Balaban J connectivity index is 0.0000000791. The fourth-order valence-corrected chi connectivity index (χ4v) is 15.5. The van der Waals surface area contributed by atoms with Crippen LogP contribution in [0.2, 0.25) is 0 Å². The lowest BCUT2D eigenvalue weighted by atomic mass is 10.2. The minimum Gasteiger partial charge on any atom is -0.396 e. The van der Waals surface area contributed by atoms with E-state index in [9.17, 15) is 0 Å². The van der Waals surface area contributed by atoms with E-state index in [-0.39, 0.29) is 0 Å². The molecule has 25 heterocycles. The van der Waals surface area contributed by atoms with E-state index in [1.807, 2.05) is 156 Å². The van der Waals surface area contributed by atoms with Crippen molar-refractivity contribution >= 4 is 77.6 Å². The van der Waals surface area contributed by atoms with Gasteiger partial charge in [-0.15, -0.1) is 19.6 Å². The van der Waals surface area contributed by atoms with Gasteiger partial charge in [-0.3, -0.25) is 28.9 Å². The van der Waals surface area contributed by atoms with E-state index in [4.69, 9.17) is 4.42 Å². The Morgan fingerprint density at radius 1 is 0.453 bits per heavy atom. The van der Waals surface area contributed by atoms with Gasteiger partial charge in [-0.25, -0.2) is 42.0 Å². The number of thiazole rings is 1. The monoisotopic (exact) mass is 1260 g/mol. The number of oxazole rings is 1. The number of hydrogen-bond donors (Lipinski definition) is 0. The van der Waals surface area contributed by atoms with Crippen LogP contribution >= 0.6 is 11.3 Å². The van der Waals surface area contributed by atoms with E-state index in [0.29, 0.717) is 0 Å². The molecule has 0 saturated carbocycles. The van der Waals surface area contributed by atoms with Crippen LogP contribution in [0.15, 0.2) is 238 Å². The molecule has 20 aromatic heterocycles. The van der Waals surface area contributed by atoms with Crippen LogP contribution in [0.3, 0.4) is 0 Å². The molecule has 25 heteroatoms. The molecule has 0 bridgehead atoms. The van der Waals surface area contributed by atoms with Crippen molar-refractivity contribution in [1.82, 2.24) is 85.9 Å². The van der Waals surface area contributed by atoms with Crippen molar-refractivity contribution in [2.45, 2.75) is 32.7 Å². The smallest absolute Gasteiger partial charge is 0.396 e. The van der Waals surface area contributed by atoms with Gasteiger partial charge >= 0.3 is 23.1 Å². The Morgan fingerprint density at radius 3 is 1.85 bits per heavy atom. The zero-order valence-corrected chi connectivity index (χ0v) is 50.9. The maximum atomic E-state index is 5.90. The van der Waals surface area contributed by atoms with Gasteiger partial charge in [0.2, 0.25) is 16.9 Å². The average molecular weight is 1260 g/mol. The molecule has 0 atom stereocenters. The number of imidazole rings is 8. The fraction of sp³-hybridized carbons (Fsp3) is 0.0714. The molecule has 0 amide bonds. The summed E-state index contributed by atoms with van der Waals surface area (Å²) < 4.78 is 35.1. The summed E-state index contributed by atoms with van der Waals surface area (Å²) in [6, 6.07) is 36.4. The Kier molecular flexibility index (Phi) is 10.7. The minimum atomic E-state index is 0.800. The number of fused-ring (bicyclic) bond motifs is 35. The van der Waals surface area contributed by atoms with Crippen molar-refractivity contribution in [3.63, 3.8) is 0 Å². The van der Waals surface area contributed by atoms with Crippen LogP contribution in [0.1, 0.15) is 27.8 Å². The molecule has 95 heavy (non-hydrogen) atoms. The van der Waals surface area contributed by atoms with Crippen LogP contribution in [-0.2, 0) is 32.7 Å². The fourth-order valence-electron chi connectivity index (χ4n) is 14.4. The van der Waals surface area contributed by atoms with E-state index < -0.39 is 0 Å². The van der Waals surface area contributed by atoms with Crippen LogP contribution in [0, 0.1) is 0 Å². The summed E-state index contributed by atoms with van der Waals surface area (Å²) in [4.78, 5) is 41.4. The van der Waals surface area contributed by atoms with Gasteiger partial charge in [0.1, 0.15) is 83.6 Å². The first kappa shape index (κ1) is 51.7. The second-order valence-electron chi connectivity index (χ2n) is 23.8. The molecule has 25 rings (SSSR count). The molecule has 450 valence electrons. The highest BCUT2D eigenvalue weighted by Crippen LogP contribution is 2.37. The molecule has 0 N–H and O–H groups in total. The molecule has 5 aliphatic rings. The molecule has 0 aromatic carbocycles. The van der Waals surface area contributed by atoms with Crippen molar-refractivity contribution in [3.05, 3.63) is 261 Å². The summed E-state index contributed by atoms with van der Waals surface area (Å²) in [6.07, 6.45) is 39.2. The van der Waals surface area contributed by atoms with Crippen LogP contribution in [0.25, 0.3) is 123 Å². The molecular weight excluding hydrogens is 1210 g/mol. The summed E-state index contributed by atoms with van der Waals surface area (Å²) in [6.45, 7) is 4.35. The zero-order chi connectivity index (χ0) is 62.0. The van der Waals surface area contributed by atoms with Crippen molar-refractivity contribution in [3.8, 4) is 57.1 Å². The van der Waals surface area contributed by atoms with Gasteiger partial charge in [-0.1, -0.05) is 41.7 Å². The van der Waals surface area contributed by atoms with Gasteiger partial charge in [0.25, 0.3) is 21.9 Å². The summed E-state index contributed by atoms with van der Waals surface area (Å²) >= 11 is 1.78. The molecule has 5 aliphatic heterocycles. The van der Waals surface area contributed by atoms with Gasteiger partial charge in [-0.2, -0.15) is 17.6 Å². The van der Waals surface area contributed by atoms with Crippen molar-refractivity contribution in [2.75, 3.05) is 0 Å². The van der Waals surface area contributed by atoms with Crippen molar-refractivity contribution in [2.24, 2.45) is 0 Å². The first-order valence-electron chi connectivity index (χ1n) is 31.0. The van der Waals surface area contributed by atoms with Crippen LogP contribution in [0.4, 0.5) is 0 Å². The van der Waals surface area contributed by atoms with Gasteiger partial charge < -0.3 is 4.42 Å². The second-order valence-corrected chi connectivity index (χ2v) is 24.8. The van der Waals surface area contributed by atoms with Gasteiger partial charge in [0.15, 0.2) is 46.5 Å². The SMILES string of the molecule is c1cnc2c(c1)C[n+]1cc3n(cc4ncccn43)c1-2.c1cnc2c(c1)Cn1c-2c[n+]2c3ncccc3oc12.c1cnc2c(c1)Cn1c-2c[n+]2c3ncccc3sc12.c1cnc2c(c1)Cn1c-2c[n+]2cc3ncccn3c12.c1cnc2c(c1)Cn1c[n+]3cc4cccnn4c3c1-2. The van der Waals surface area contributed by atoms with Gasteiger partial charge in [-0.05, 0) is 78.9 Å². The van der Waals surface area contributed by atoms with Crippen molar-refractivity contribution in [1.29, 1.82) is 0 Å². The highest BCUT2D eigenvalue weighted by Gasteiger charge is 2.36. The zero-order valence-electron chi connectivity index (χ0n) is 50.1. The normalized spacial score (nSPS) is 13.1. The van der Waals surface area contributed by atoms with E-state index in [0.717, 1.165) is 135 Å². The summed E-state index contributed by atoms with van der Waals surface area (Å²) in [5.74, 6) is 3.06. The first-order chi connectivity index (χ1) is 47.1. The predicted octanol–water partition coefficient (Wildman–Crippen LogP) is 7.95. The third kappa shape index (κ3) is 7.65. The van der Waals surface area contributed by atoms with Crippen LogP contribution < -0.4 is 22.2 Å². The van der Waals surface area contributed by atoms with Crippen molar-refractivity contribution < 1.29 is 26.6 Å². The summed E-state index contributed by atoms with van der Waals surface area (Å²) in [7, 11) is 0. The third-order valence-electron chi connectivity index (χ3n) is 18.4. The minimum absolute atomic E-state index is 0.800. The largest absolute Gasteiger partial charge is 0.410 e. The highest BCUT2D eigenvalue weighted by atomic mass is 32.1. The maximum Gasteiger partial charge on any atom is 0.410 e. The molecular formula is C70H48N23OS+5. The van der Waals surface area contributed by atoms with Crippen LogP contribution in [0.5, 0.6) is 0 Å². The maximum absolute atomic E-state index is 5.90. The van der Waals surface area contributed by atoms with E-state index in [2.05, 4.69) is 179 Å². The van der Waals surface area contributed by atoms with Crippen LogP contribution in [-0.4, -0.2) is 85.9 Å². The first-order valence-corrected chi connectivity index (χ1v) is 31.8. The molecule has 0 aliphatic carbocycles. The molecule has 24 nitrogen and oxygen atoms in total. The quantitative estimate of drug-likeness (QED) is 0.134. The molecule has 0 unspecified atom stereocenters. The molecule has 20 aromatic rings. The second kappa shape index (κ2) is 19.7. The van der Waals surface area contributed by atoms with Gasteiger partial charge in [0.05, 0.1) is 38.6 Å². The number of nitrogens with zero attached hydrogens (tertiary/aromatic N) is 23. The predicted molar refractivity (Wildman–Crippen MR) is 347 cm³/mol. The third-order valence-corrected chi connectivity index (χ3v) is 19.6. The topological polar surface area (TPSA) is 200 Å². The number of pyridine rings is 7. The lowest BCUT2D eigenvalue weighted by Gasteiger charge is -1.92. The Labute approximate surface area is 538 Å². The number of rotatable bonds is 0. The van der Waals surface area contributed by atoms with Gasteiger partial charge in [0, 0.05) is 77.4 Å². The average Bonchev–Trinajstić information content (AvgIpc) is 1.61. The Bertz CT molecular complexity index is 6380. The summed E-state index contributed by atoms with van der Waals surface area (Å²) in [5.41, 5.74) is 24.2. The Morgan fingerprint density at radius 2 is 1.06 bits per heavy atom. The standard InChI is InChI=1S/3C14H10N5.C14H9N4O.C14H9N4S/c1-3-10-7-17-9-18-8-11-4-2-6-16-19(11)14(18)13(17)12(10)15-5-1;1-3-10-7-17-9-12-18-6-2-5-15-11(18)8-19(12)14(17)13(10)16-4-1;1-3-10-7-19-11(13(10)16-4-1)8-17-9-12-15-5-2-6-18(12)14(17)19;2*1-3-9-7-17-10(12(9)15-5-1)8-18-13-11(19-14(17)18)4-2-6-16-13/h3*1-6,8-9H,7H2;2*1-6,8H,7H2/q5*+1. The lowest BCUT2D eigenvalue weighted by molar-refractivity contribution is -0.670. The summed E-state index contributed by atoms with van der Waals surface area (Å²) in [5, 5.41) is 4.45. The van der Waals surface area contributed by atoms with E-state index >= 15 is 0 Å². The molecule has 0 radical (unpaired) electrons. The molecule has 0 spiro atoms. The number of aromatic nitrogens is 23. The lowest BCUT2D eigenvalue weighted by Crippen LogP contribution is -2.29.